The van der Waals surface area contributed by atoms with Crippen LogP contribution in [0.5, 0.6) is 0 Å². The number of rotatable bonds is 1. The molecule has 0 bridgehead atoms. The summed E-state index contributed by atoms with van der Waals surface area (Å²) in [5.74, 6) is 0.475. The van der Waals surface area contributed by atoms with Gasteiger partial charge in [-0.2, -0.15) is 0 Å². The third-order valence-corrected chi connectivity index (χ3v) is 9.03. The molecule has 1 aliphatic rings. The molecule has 1 heterocycles. The van der Waals surface area contributed by atoms with Gasteiger partial charge in [-0.15, -0.1) is 0 Å². The largest absolute Gasteiger partial charge is 0.0916 e. The predicted octanol–water partition coefficient (Wildman–Crippen LogP) is 3.89. The molecule has 0 aliphatic carbocycles. The van der Waals surface area contributed by atoms with Gasteiger partial charge >= 0.3 is 0 Å². The van der Waals surface area contributed by atoms with E-state index in [0.717, 1.165) is 17.3 Å². The first-order valence-electron chi connectivity index (χ1n) is 4.81. The highest BCUT2D eigenvalue weighted by Gasteiger charge is 2.31. The molecule has 0 nitrogen and oxygen atoms in total. The Balaban J connectivity index is 2.53. The van der Waals surface area contributed by atoms with Crippen LogP contribution in [0.1, 0.15) is 13.3 Å². The molecule has 76 valence electrons. The molecule has 0 fully saturated rings. The van der Waals surface area contributed by atoms with Crippen molar-refractivity contribution in [3.63, 3.8) is 0 Å². The van der Waals surface area contributed by atoms with E-state index < -0.39 is 6.24 Å². The second-order valence-electron chi connectivity index (χ2n) is 3.79. The fourth-order valence-electron chi connectivity index (χ4n) is 1.86. The molecule has 0 radical (unpaired) electrons. The van der Waals surface area contributed by atoms with E-state index in [1.165, 1.54) is 5.30 Å². The summed E-state index contributed by atoms with van der Waals surface area (Å²) in [7, 11) is 0. The fraction of sp³-hybridized carbons (Fsp3) is 0.364. The number of benzene rings is 1. The fourth-order valence-corrected chi connectivity index (χ4v) is 6.58. The van der Waals surface area contributed by atoms with Gasteiger partial charge in [-0.25, -0.2) is 0 Å². The Kier molecular flexibility index (Phi) is 2.98. The Bertz CT molecular complexity index is 384. The van der Waals surface area contributed by atoms with Crippen molar-refractivity contribution < 1.29 is 0 Å². The Morgan fingerprint density at radius 3 is 2.43 bits per heavy atom. The Morgan fingerprint density at radius 1 is 1.29 bits per heavy atom. The smallest absolute Gasteiger partial charge is 0.0366 e. The normalized spacial score (nSPS) is 32.2. The quantitative estimate of drug-likeness (QED) is 0.660. The lowest BCUT2D eigenvalue weighted by atomic mass is 10.2. The van der Waals surface area contributed by atoms with Crippen LogP contribution in [0, 0.1) is 5.92 Å². The highest BCUT2D eigenvalue weighted by Crippen LogP contribution is 2.60. The Morgan fingerprint density at radius 2 is 1.93 bits per heavy atom. The van der Waals surface area contributed by atoms with Crippen LogP contribution in [0.25, 0.3) is 0 Å². The molecule has 2 atom stereocenters. The Hall–Kier alpha value is 0.1000. The van der Waals surface area contributed by atoms with Crippen molar-refractivity contribution in [3.8, 4) is 0 Å². The molecular weight excluding hydrogens is 234 g/mol. The molecule has 1 aromatic rings. The van der Waals surface area contributed by atoms with E-state index in [-0.39, 0.29) is 0 Å². The van der Waals surface area contributed by atoms with E-state index >= 15 is 0 Å². The van der Waals surface area contributed by atoms with E-state index in [0.29, 0.717) is 5.92 Å². The lowest BCUT2D eigenvalue weighted by Gasteiger charge is -2.15. The van der Waals surface area contributed by atoms with Crippen LogP contribution in [0.2, 0.25) is 0 Å². The van der Waals surface area contributed by atoms with Crippen LogP contribution in [0.15, 0.2) is 30.3 Å². The summed E-state index contributed by atoms with van der Waals surface area (Å²) in [4.78, 5) is 0. The third-order valence-electron chi connectivity index (χ3n) is 2.78. The van der Waals surface area contributed by atoms with E-state index in [4.69, 9.17) is 22.8 Å². The van der Waals surface area contributed by atoms with Crippen LogP contribution < -0.4 is 5.30 Å². The van der Waals surface area contributed by atoms with Crippen LogP contribution in [-0.4, -0.2) is 10.9 Å². The van der Waals surface area contributed by atoms with Crippen LogP contribution in [-0.2, 0) is 0 Å². The number of halogens is 2. The van der Waals surface area contributed by atoms with Gasteiger partial charge in [-0.1, -0.05) is 60.1 Å². The number of hydrogen-bond donors (Lipinski definition) is 0. The average molecular weight is 247 g/mol. The summed E-state index contributed by atoms with van der Waals surface area (Å²) in [6.07, 6.45) is 0.519. The van der Waals surface area contributed by atoms with Crippen molar-refractivity contribution in [1.82, 2.24) is 0 Å². The summed E-state index contributed by atoms with van der Waals surface area (Å²) >= 11 is 13.0. The zero-order valence-corrected chi connectivity index (χ0v) is 10.5. The number of hydrogen-bond acceptors (Lipinski definition) is 0. The first-order chi connectivity index (χ1) is 6.64. The topological polar surface area (TPSA) is 0 Å². The van der Waals surface area contributed by atoms with Gasteiger partial charge in [0, 0.05) is 11.0 Å². The standard InChI is InChI=1S/C11H13Cl2P/c1-9-7-8-14(13,11(9)12)10-5-3-2-4-6-10/h2-6,9H,7-8H2,1H3. The molecule has 2 rings (SSSR count). The van der Waals surface area contributed by atoms with Crippen LogP contribution in [0.4, 0.5) is 0 Å². The highest BCUT2D eigenvalue weighted by molar-refractivity contribution is 8.05. The van der Waals surface area contributed by atoms with Crippen LogP contribution in [0.3, 0.4) is 0 Å². The molecule has 0 amide bonds. The van der Waals surface area contributed by atoms with Gasteiger partial charge in [0.15, 0.2) is 0 Å². The molecule has 0 aromatic heterocycles. The molecule has 0 N–H and O–H groups in total. The first-order valence-corrected chi connectivity index (χ1v) is 8.06. The van der Waals surface area contributed by atoms with E-state index in [2.05, 4.69) is 19.1 Å². The van der Waals surface area contributed by atoms with Gasteiger partial charge in [0.25, 0.3) is 0 Å². The zero-order chi connectivity index (χ0) is 10.2. The van der Waals surface area contributed by atoms with Crippen molar-refractivity contribution in [3.05, 3.63) is 30.3 Å². The van der Waals surface area contributed by atoms with Crippen molar-refractivity contribution in [2.45, 2.75) is 13.3 Å². The van der Waals surface area contributed by atoms with E-state index in [1.54, 1.807) is 0 Å². The molecule has 1 aromatic carbocycles. The third kappa shape index (κ3) is 1.65. The maximum absolute atomic E-state index is 6.68. The van der Waals surface area contributed by atoms with E-state index in [9.17, 15) is 0 Å². The maximum atomic E-state index is 6.68. The monoisotopic (exact) mass is 246 g/mol. The molecule has 2 unspecified atom stereocenters. The maximum Gasteiger partial charge on any atom is 0.0366 e. The highest BCUT2D eigenvalue weighted by atomic mass is 35.7. The minimum absolute atomic E-state index is 0.475. The second-order valence-corrected chi connectivity index (χ2v) is 9.07. The van der Waals surface area contributed by atoms with Crippen molar-refractivity contribution in [2.75, 3.05) is 6.16 Å². The summed E-state index contributed by atoms with van der Waals surface area (Å²) in [6.45, 7) is 2.16. The van der Waals surface area contributed by atoms with Gasteiger partial charge in [-0.3, -0.25) is 0 Å². The minimum atomic E-state index is -1.67. The van der Waals surface area contributed by atoms with Crippen LogP contribution >= 0.6 is 29.1 Å². The SMILES string of the molecule is CC1CCP(Cl)(c2ccccc2)=C1Cl. The van der Waals surface area contributed by atoms with Crippen molar-refractivity contribution in [2.24, 2.45) is 5.92 Å². The minimum Gasteiger partial charge on any atom is -0.0916 e. The van der Waals surface area contributed by atoms with Gasteiger partial charge in [-0.05, 0) is 23.8 Å². The molecule has 3 heteroatoms. The zero-order valence-electron chi connectivity index (χ0n) is 8.08. The second kappa shape index (κ2) is 3.93. The summed E-state index contributed by atoms with van der Waals surface area (Å²) in [5.41, 5.74) is 0. The van der Waals surface area contributed by atoms with Gasteiger partial charge in [0.05, 0.1) is 0 Å². The molecule has 14 heavy (non-hydrogen) atoms. The predicted molar refractivity (Wildman–Crippen MR) is 68.4 cm³/mol. The van der Waals surface area contributed by atoms with Gasteiger partial charge < -0.3 is 0 Å². The molecular formula is C11H13Cl2P. The van der Waals surface area contributed by atoms with E-state index in [1.807, 2.05) is 18.2 Å². The summed E-state index contributed by atoms with van der Waals surface area (Å²) < 4.78 is 1.00. The summed E-state index contributed by atoms with van der Waals surface area (Å²) in [6, 6.07) is 10.3. The molecule has 0 spiro atoms. The van der Waals surface area contributed by atoms with Crippen molar-refractivity contribution >= 4 is 39.1 Å². The first kappa shape index (κ1) is 10.6. The molecule has 1 aliphatic heterocycles. The summed E-state index contributed by atoms with van der Waals surface area (Å²) in [5, 5.41) is 1.23. The lowest BCUT2D eigenvalue weighted by Crippen LogP contribution is -2.04. The van der Waals surface area contributed by atoms with Gasteiger partial charge in [0.2, 0.25) is 0 Å². The average Bonchev–Trinajstić information content (AvgIpc) is 2.49. The molecule has 0 saturated heterocycles. The van der Waals surface area contributed by atoms with Gasteiger partial charge in [0.1, 0.15) is 0 Å². The van der Waals surface area contributed by atoms with Crippen molar-refractivity contribution in [1.29, 1.82) is 0 Å². The Labute approximate surface area is 95.0 Å². The lowest BCUT2D eigenvalue weighted by molar-refractivity contribution is 0.776. The molecule has 0 saturated carbocycles.